The molecular weight excluding hydrogens is 265 g/mol. The molecule has 0 aromatic heterocycles. The van der Waals surface area contributed by atoms with Crippen molar-refractivity contribution >= 4 is 23.9 Å². The summed E-state index contributed by atoms with van der Waals surface area (Å²) in [6.07, 6.45) is 4.45. The molecule has 6 nitrogen and oxygen atoms in total. The third-order valence-electron chi connectivity index (χ3n) is 3.07. The average molecular weight is 279 g/mol. The first-order valence-electron chi connectivity index (χ1n) is 6.25. The Bertz CT molecular complexity index is 551. The van der Waals surface area contributed by atoms with Gasteiger partial charge >= 0.3 is 0 Å². The summed E-state index contributed by atoms with van der Waals surface area (Å²) in [6.45, 7) is 1.64. The molecule has 2 aliphatic rings. The van der Waals surface area contributed by atoms with E-state index >= 15 is 0 Å². The molecule has 2 heterocycles. The van der Waals surface area contributed by atoms with Crippen LogP contribution >= 0.6 is 0 Å². The number of carbonyl (C=O) groups excluding carboxylic acids is 3. The van der Waals surface area contributed by atoms with Crippen LogP contribution in [-0.2, 0) is 14.4 Å². The van der Waals surface area contributed by atoms with Gasteiger partial charge in [-0.1, -0.05) is 6.08 Å². The van der Waals surface area contributed by atoms with Gasteiger partial charge in [-0.15, -0.1) is 0 Å². The van der Waals surface area contributed by atoms with E-state index in [9.17, 15) is 18.8 Å². The third kappa shape index (κ3) is 2.66. The Kier molecular flexibility index (Phi) is 4.07. The summed E-state index contributed by atoms with van der Waals surface area (Å²) < 4.78 is 13.8. The zero-order chi connectivity index (χ0) is 14.7. The van der Waals surface area contributed by atoms with Crippen LogP contribution in [0.15, 0.2) is 28.7 Å². The first kappa shape index (κ1) is 14.1. The van der Waals surface area contributed by atoms with E-state index in [4.69, 9.17) is 0 Å². The van der Waals surface area contributed by atoms with Gasteiger partial charge in [0.05, 0.1) is 5.57 Å². The predicted molar refractivity (Wildman–Crippen MR) is 69.1 cm³/mol. The summed E-state index contributed by atoms with van der Waals surface area (Å²) in [5.74, 6) is -2.24. The lowest BCUT2D eigenvalue weighted by Crippen LogP contribution is -2.53. The van der Waals surface area contributed by atoms with Gasteiger partial charge < -0.3 is 0 Å². The zero-order valence-electron chi connectivity index (χ0n) is 10.9. The Balaban J connectivity index is 2.25. The number of hydrazone groups is 1. The SMILES string of the molecule is C/C=C\C(F)=C1/CC=NN(C2CCC(=O)NC2=O)C1=O. The molecule has 0 spiro atoms. The highest BCUT2D eigenvalue weighted by molar-refractivity contribution is 6.05. The summed E-state index contributed by atoms with van der Waals surface area (Å²) >= 11 is 0. The molecule has 2 aliphatic heterocycles. The van der Waals surface area contributed by atoms with Crippen LogP contribution in [0, 0.1) is 0 Å². The number of carbonyl (C=O) groups is 3. The molecule has 0 aliphatic carbocycles. The van der Waals surface area contributed by atoms with Crippen LogP contribution < -0.4 is 5.32 Å². The second kappa shape index (κ2) is 5.77. The monoisotopic (exact) mass is 279 g/mol. The van der Waals surface area contributed by atoms with Crippen molar-refractivity contribution in [3.63, 3.8) is 0 Å². The summed E-state index contributed by atoms with van der Waals surface area (Å²) in [5, 5.41) is 6.96. The van der Waals surface area contributed by atoms with Crippen molar-refractivity contribution in [2.24, 2.45) is 5.10 Å². The molecule has 0 saturated carbocycles. The molecule has 1 fully saturated rings. The number of imide groups is 1. The van der Waals surface area contributed by atoms with Crippen molar-refractivity contribution in [1.29, 1.82) is 0 Å². The van der Waals surface area contributed by atoms with Crippen molar-refractivity contribution in [2.45, 2.75) is 32.2 Å². The van der Waals surface area contributed by atoms with Crippen LogP contribution in [0.1, 0.15) is 26.2 Å². The average Bonchev–Trinajstić information content (AvgIpc) is 2.40. The van der Waals surface area contributed by atoms with Gasteiger partial charge in [0, 0.05) is 19.1 Å². The Morgan fingerprint density at radius 3 is 2.90 bits per heavy atom. The van der Waals surface area contributed by atoms with Gasteiger partial charge in [0.2, 0.25) is 5.91 Å². The fourth-order valence-corrected chi connectivity index (χ4v) is 2.08. The van der Waals surface area contributed by atoms with Crippen LogP contribution in [0.5, 0.6) is 0 Å². The smallest absolute Gasteiger partial charge is 0.273 e. The Morgan fingerprint density at radius 1 is 1.50 bits per heavy atom. The van der Waals surface area contributed by atoms with Crippen molar-refractivity contribution < 1.29 is 18.8 Å². The van der Waals surface area contributed by atoms with Crippen LogP contribution in [0.2, 0.25) is 0 Å². The number of halogens is 1. The largest absolute Gasteiger partial charge is 0.295 e. The molecule has 0 bridgehead atoms. The number of nitrogens with zero attached hydrogens (tertiary/aromatic N) is 2. The second-order valence-electron chi connectivity index (χ2n) is 4.45. The third-order valence-corrected chi connectivity index (χ3v) is 3.07. The van der Waals surface area contributed by atoms with Gasteiger partial charge in [-0.05, 0) is 19.4 Å². The van der Waals surface area contributed by atoms with Crippen molar-refractivity contribution in [3.05, 3.63) is 23.6 Å². The van der Waals surface area contributed by atoms with E-state index in [0.29, 0.717) is 0 Å². The van der Waals surface area contributed by atoms with Gasteiger partial charge in [-0.2, -0.15) is 5.10 Å². The lowest BCUT2D eigenvalue weighted by molar-refractivity contribution is -0.144. The van der Waals surface area contributed by atoms with E-state index in [1.54, 1.807) is 6.92 Å². The molecule has 0 radical (unpaired) electrons. The van der Waals surface area contributed by atoms with Crippen LogP contribution in [-0.4, -0.2) is 35.0 Å². The van der Waals surface area contributed by atoms with E-state index in [1.165, 1.54) is 18.4 Å². The number of allylic oxidation sites excluding steroid dienone is 3. The fraction of sp³-hybridized carbons (Fsp3) is 0.385. The highest BCUT2D eigenvalue weighted by atomic mass is 19.1. The van der Waals surface area contributed by atoms with Crippen molar-refractivity contribution in [1.82, 2.24) is 10.3 Å². The highest BCUT2D eigenvalue weighted by Gasteiger charge is 2.37. The summed E-state index contributed by atoms with van der Waals surface area (Å²) in [4.78, 5) is 35.0. The number of rotatable bonds is 2. The van der Waals surface area contributed by atoms with E-state index in [2.05, 4.69) is 10.4 Å². The summed E-state index contributed by atoms with van der Waals surface area (Å²) in [7, 11) is 0. The minimum Gasteiger partial charge on any atom is -0.295 e. The molecule has 1 atom stereocenters. The van der Waals surface area contributed by atoms with Crippen LogP contribution in [0.25, 0.3) is 0 Å². The standard InChI is InChI=1S/C13H14FN3O3/c1-2-3-9(14)8-6-7-15-17(13(8)20)10-4-5-11(18)16-12(10)19/h2-3,7,10H,4-6H2,1H3,(H,16,18,19)/b3-2-,9-8-. The minimum atomic E-state index is -0.870. The lowest BCUT2D eigenvalue weighted by atomic mass is 10.0. The molecule has 1 unspecified atom stereocenters. The Morgan fingerprint density at radius 2 is 2.25 bits per heavy atom. The molecule has 1 N–H and O–H groups in total. The molecule has 1 saturated heterocycles. The summed E-state index contributed by atoms with van der Waals surface area (Å²) in [5.41, 5.74) is -0.0391. The van der Waals surface area contributed by atoms with Crippen molar-refractivity contribution in [3.8, 4) is 0 Å². The highest BCUT2D eigenvalue weighted by Crippen LogP contribution is 2.23. The lowest BCUT2D eigenvalue weighted by Gasteiger charge is -2.31. The topological polar surface area (TPSA) is 78.8 Å². The number of amides is 3. The summed E-state index contributed by atoms with van der Waals surface area (Å²) in [6, 6.07) is -0.870. The molecule has 0 aromatic carbocycles. The maximum absolute atomic E-state index is 13.8. The normalized spacial score (nSPS) is 26.2. The maximum Gasteiger partial charge on any atom is 0.273 e. The number of piperidine rings is 1. The van der Waals surface area contributed by atoms with Gasteiger partial charge in [-0.3, -0.25) is 19.7 Å². The molecule has 7 heteroatoms. The van der Waals surface area contributed by atoms with E-state index < -0.39 is 23.7 Å². The maximum atomic E-state index is 13.8. The molecule has 106 valence electrons. The zero-order valence-corrected chi connectivity index (χ0v) is 10.9. The van der Waals surface area contributed by atoms with E-state index in [-0.39, 0.29) is 30.7 Å². The van der Waals surface area contributed by atoms with Crippen LogP contribution in [0.3, 0.4) is 0 Å². The quantitative estimate of drug-likeness (QED) is 0.600. The van der Waals surface area contributed by atoms with Gasteiger partial charge in [0.25, 0.3) is 11.8 Å². The van der Waals surface area contributed by atoms with Crippen molar-refractivity contribution in [2.75, 3.05) is 0 Å². The van der Waals surface area contributed by atoms with Gasteiger partial charge in [0.15, 0.2) is 0 Å². The predicted octanol–water partition coefficient (Wildman–Crippen LogP) is 0.809. The molecule has 3 amide bonds. The molecular formula is C13H14FN3O3. The second-order valence-corrected chi connectivity index (χ2v) is 4.45. The van der Waals surface area contributed by atoms with E-state index in [0.717, 1.165) is 5.01 Å². The number of hydrogen-bond acceptors (Lipinski definition) is 4. The molecule has 2 rings (SSSR count). The first-order valence-corrected chi connectivity index (χ1v) is 6.25. The molecule has 20 heavy (non-hydrogen) atoms. The minimum absolute atomic E-state index is 0.0391. The number of hydrogen-bond donors (Lipinski definition) is 1. The van der Waals surface area contributed by atoms with E-state index in [1.807, 2.05) is 0 Å². The Labute approximate surface area is 115 Å². The fourth-order valence-electron chi connectivity index (χ4n) is 2.08. The van der Waals surface area contributed by atoms with Gasteiger partial charge in [-0.25, -0.2) is 9.40 Å². The molecule has 0 aromatic rings. The number of nitrogens with one attached hydrogen (secondary N) is 1. The first-order chi connectivity index (χ1) is 9.54. The Hall–Kier alpha value is -2.31. The van der Waals surface area contributed by atoms with Gasteiger partial charge in [0.1, 0.15) is 11.9 Å². The van der Waals surface area contributed by atoms with Crippen LogP contribution in [0.4, 0.5) is 4.39 Å².